The minimum absolute atomic E-state index is 0.309. The molecule has 0 fully saturated rings. The molecule has 1 amide bonds. The van der Waals surface area contributed by atoms with Crippen LogP contribution < -0.4 is 19.6 Å². The molecule has 0 radical (unpaired) electrons. The van der Waals surface area contributed by atoms with Crippen LogP contribution in [0.3, 0.4) is 0 Å². The summed E-state index contributed by atoms with van der Waals surface area (Å²) >= 11 is 0. The van der Waals surface area contributed by atoms with Crippen LogP contribution in [0, 0.1) is 13.8 Å². The number of hydrogen-bond acceptors (Lipinski definition) is 7. The van der Waals surface area contributed by atoms with E-state index in [1.807, 2.05) is 36.6 Å². The number of nitrogens with zero attached hydrogens (tertiary/aromatic N) is 2. The van der Waals surface area contributed by atoms with Crippen molar-refractivity contribution in [1.29, 1.82) is 0 Å². The molecule has 2 aromatic carbocycles. The summed E-state index contributed by atoms with van der Waals surface area (Å²) in [6.07, 6.45) is 1.59. The number of methoxy groups -OCH3 is 3. The highest BCUT2D eigenvalue weighted by molar-refractivity contribution is 5.96. The fourth-order valence-electron chi connectivity index (χ4n) is 3.71. The van der Waals surface area contributed by atoms with E-state index in [0.29, 0.717) is 35.0 Å². The highest BCUT2D eigenvalue weighted by atomic mass is 16.5. The molecule has 0 unspecified atom stereocenters. The summed E-state index contributed by atoms with van der Waals surface area (Å²) < 4.78 is 23.0. The monoisotopic (exact) mass is 479 g/mol. The molecule has 0 saturated carbocycles. The number of ether oxygens (including phenoxy) is 4. The van der Waals surface area contributed by atoms with Crippen LogP contribution in [0.4, 0.5) is 0 Å². The van der Waals surface area contributed by atoms with Crippen LogP contribution in [-0.2, 0) is 4.74 Å². The van der Waals surface area contributed by atoms with Crippen molar-refractivity contribution in [3.63, 3.8) is 0 Å². The number of aryl methyl sites for hydroxylation is 1. The van der Waals surface area contributed by atoms with E-state index in [-0.39, 0.29) is 5.97 Å². The molecule has 1 heterocycles. The third-order valence-corrected chi connectivity index (χ3v) is 5.40. The van der Waals surface area contributed by atoms with Gasteiger partial charge >= 0.3 is 5.97 Å². The maximum Gasteiger partial charge on any atom is 0.338 e. The minimum Gasteiger partial charge on any atom is -0.493 e. The Kier molecular flexibility index (Phi) is 8.14. The first-order chi connectivity index (χ1) is 16.8. The number of hydrogen-bond donors (Lipinski definition) is 1. The zero-order valence-electron chi connectivity index (χ0n) is 20.7. The minimum atomic E-state index is -0.427. The van der Waals surface area contributed by atoms with E-state index < -0.39 is 5.91 Å². The Morgan fingerprint density at radius 2 is 1.57 bits per heavy atom. The van der Waals surface area contributed by atoms with E-state index in [2.05, 4.69) is 10.5 Å². The zero-order chi connectivity index (χ0) is 25.5. The van der Waals surface area contributed by atoms with Crippen molar-refractivity contribution in [1.82, 2.24) is 9.99 Å². The van der Waals surface area contributed by atoms with Gasteiger partial charge < -0.3 is 23.5 Å². The number of carbonyl (C=O) groups is 2. The number of hydrazone groups is 1. The molecule has 1 aromatic heterocycles. The number of rotatable bonds is 9. The van der Waals surface area contributed by atoms with Gasteiger partial charge in [-0.2, -0.15) is 5.10 Å². The van der Waals surface area contributed by atoms with Gasteiger partial charge in [-0.15, -0.1) is 0 Å². The SMILES string of the molecule is CCOC(=O)c1ccc(-n2c(C)cc(/C=N\NC(=O)c3cc(OC)c(OC)c(OC)c3)c2C)cc1. The topological polar surface area (TPSA) is 100 Å². The van der Waals surface area contributed by atoms with E-state index in [4.69, 9.17) is 18.9 Å². The van der Waals surface area contributed by atoms with E-state index in [1.165, 1.54) is 21.3 Å². The Labute approximate surface area is 204 Å². The van der Waals surface area contributed by atoms with E-state index in [1.54, 1.807) is 37.4 Å². The summed E-state index contributed by atoms with van der Waals surface area (Å²) in [6.45, 7) is 6.02. The molecule has 9 nitrogen and oxygen atoms in total. The normalized spacial score (nSPS) is 10.8. The molecule has 3 rings (SSSR count). The Morgan fingerprint density at radius 3 is 2.11 bits per heavy atom. The van der Waals surface area contributed by atoms with Crippen molar-refractivity contribution in [3.05, 3.63) is 70.5 Å². The maximum atomic E-state index is 12.7. The summed E-state index contributed by atoms with van der Waals surface area (Å²) in [5, 5.41) is 4.13. The molecular formula is C26H29N3O6. The molecule has 184 valence electrons. The highest BCUT2D eigenvalue weighted by Gasteiger charge is 2.17. The van der Waals surface area contributed by atoms with Crippen molar-refractivity contribution in [2.75, 3.05) is 27.9 Å². The summed E-state index contributed by atoms with van der Waals surface area (Å²) in [5.74, 6) is 0.370. The molecular weight excluding hydrogens is 450 g/mol. The predicted octanol–water partition coefficient (Wildman–Crippen LogP) is 4.06. The second-order valence-electron chi connectivity index (χ2n) is 7.54. The van der Waals surface area contributed by atoms with Crippen LogP contribution in [-0.4, -0.2) is 50.6 Å². The first-order valence-electron chi connectivity index (χ1n) is 10.9. The molecule has 9 heteroatoms. The predicted molar refractivity (Wildman–Crippen MR) is 132 cm³/mol. The summed E-state index contributed by atoms with van der Waals surface area (Å²) in [4.78, 5) is 24.6. The summed E-state index contributed by atoms with van der Waals surface area (Å²) in [6, 6.07) is 12.3. The molecule has 3 aromatic rings. The lowest BCUT2D eigenvalue weighted by molar-refractivity contribution is 0.0526. The number of aromatic nitrogens is 1. The Balaban J connectivity index is 1.78. The van der Waals surface area contributed by atoms with Gasteiger partial charge in [0.1, 0.15) is 0 Å². The van der Waals surface area contributed by atoms with Crippen LogP contribution >= 0.6 is 0 Å². The second-order valence-corrected chi connectivity index (χ2v) is 7.54. The van der Waals surface area contributed by atoms with E-state index >= 15 is 0 Å². The van der Waals surface area contributed by atoms with Crippen LogP contribution in [0.25, 0.3) is 5.69 Å². The number of nitrogens with one attached hydrogen (secondary N) is 1. The Hall–Kier alpha value is -4.27. The number of amides is 1. The fourth-order valence-corrected chi connectivity index (χ4v) is 3.71. The molecule has 35 heavy (non-hydrogen) atoms. The van der Waals surface area contributed by atoms with Crippen molar-refractivity contribution < 1.29 is 28.5 Å². The molecule has 0 spiro atoms. The van der Waals surface area contributed by atoms with Crippen molar-refractivity contribution in [2.24, 2.45) is 5.10 Å². The molecule has 0 aliphatic carbocycles. The quantitative estimate of drug-likeness (QED) is 0.282. The summed E-state index contributed by atoms with van der Waals surface area (Å²) in [5.41, 5.74) is 6.97. The first kappa shape index (κ1) is 25.4. The van der Waals surface area contributed by atoms with Crippen LogP contribution in [0.1, 0.15) is 44.6 Å². The third-order valence-electron chi connectivity index (χ3n) is 5.40. The second kappa shape index (κ2) is 11.2. The number of carbonyl (C=O) groups excluding carboxylic acids is 2. The molecule has 0 aliphatic heterocycles. The lowest BCUT2D eigenvalue weighted by Crippen LogP contribution is -2.18. The van der Waals surface area contributed by atoms with Crippen molar-refractivity contribution >= 4 is 18.1 Å². The standard InChI is InChI=1S/C26H29N3O6/c1-7-35-26(31)18-8-10-21(11-9-18)29-16(2)12-20(17(29)3)15-27-28-25(30)19-13-22(32-4)24(34-6)23(14-19)33-5/h8-15H,7H2,1-6H3,(H,28,30)/b27-15-. The van der Waals surface area contributed by atoms with Crippen LogP contribution in [0.5, 0.6) is 17.2 Å². The van der Waals surface area contributed by atoms with Crippen molar-refractivity contribution in [3.8, 4) is 22.9 Å². The van der Waals surface area contributed by atoms with Gasteiger partial charge in [0.25, 0.3) is 5.91 Å². The van der Waals surface area contributed by atoms with Gasteiger partial charge in [-0.3, -0.25) is 4.79 Å². The Morgan fingerprint density at radius 1 is 0.943 bits per heavy atom. The summed E-state index contributed by atoms with van der Waals surface area (Å²) in [7, 11) is 4.46. The maximum absolute atomic E-state index is 12.7. The van der Waals surface area contributed by atoms with E-state index in [0.717, 1.165) is 22.6 Å². The smallest absolute Gasteiger partial charge is 0.338 e. The average molecular weight is 480 g/mol. The molecule has 0 bridgehead atoms. The Bertz CT molecular complexity index is 1220. The molecule has 1 N–H and O–H groups in total. The van der Waals surface area contributed by atoms with Gasteiger partial charge in [0.05, 0.1) is 39.7 Å². The van der Waals surface area contributed by atoms with Gasteiger partial charge in [0.2, 0.25) is 5.75 Å². The van der Waals surface area contributed by atoms with Gasteiger partial charge in [0.15, 0.2) is 11.5 Å². The van der Waals surface area contributed by atoms with Crippen molar-refractivity contribution in [2.45, 2.75) is 20.8 Å². The molecule has 0 aliphatic rings. The largest absolute Gasteiger partial charge is 0.493 e. The first-order valence-corrected chi connectivity index (χ1v) is 10.9. The zero-order valence-corrected chi connectivity index (χ0v) is 20.7. The highest BCUT2D eigenvalue weighted by Crippen LogP contribution is 2.38. The van der Waals surface area contributed by atoms with Gasteiger partial charge in [-0.25, -0.2) is 10.2 Å². The number of benzene rings is 2. The lowest BCUT2D eigenvalue weighted by atomic mass is 10.1. The van der Waals surface area contributed by atoms with E-state index in [9.17, 15) is 9.59 Å². The molecule has 0 atom stereocenters. The third kappa shape index (κ3) is 5.46. The lowest BCUT2D eigenvalue weighted by Gasteiger charge is -2.13. The average Bonchev–Trinajstić information content (AvgIpc) is 3.15. The number of esters is 1. The molecule has 0 saturated heterocycles. The fraction of sp³-hybridized carbons (Fsp3) is 0.269. The van der Waals surface area contributed by atoms with Gasteiger partial charge in [-0.05, 0) is 63.2 Å². The van der Waals surface area contributed by atoms with Crippen LogP contribution in [0.15, 0.2) is 47.6 Å². The van der Waals surface area contributed by atoms with Gasteiger partial charge in [-0.1, -0.05) is 0 Å². The van der Waals surface area contributed by atoms with Gasteiger partial charge in [0, 0.05) is 28.2 Å². The van der Waals surface area contributed by atoms with Crippen LogP contribution in [0.2, 0.25) is 0 Å².